The van der Waals surface area contributed by atoms with Crippen LogP contribution in [0.15, 0.2) is 22.8 Å². The molecule has 0 aliphatic heterocycles. The first kappa shape index (κ1) is 9.95. The molecule has 1 heterocycles. The molecule has 0 unspecified atom stereocenters. The zero-order valence-corrected chi connectivity index (χ0v) is 7.69. The second kappa shape index (κ2) is 4.79. The maximum absolute atomic E-state index is 11.0. The van der Waals surface area contributed by atoms with E-state index < -0.39 is 0 Å². The molecule has 0 bridgehead atoms. The van der Waals surface area contributed by atoms with E-state index in [9.17, 15) is 4.79 Å². The van der Waals surface area contributed by atoms with Crippen LogP contribution in [0, 0.1) is 0 Å². The summed E-state index contributed by atoms with van der Waals surface area (Å²) in [4.78, 5) is 12.8. The summed E-state index contributed by atoms with van der Waals surface area (Å²) < 4.78 is 5.14. The molecule has 0 amide bonds. The topological polar surface area (TPSA) is 59.5 Å². The van der Waals surface area contributed by atoms with Crippen LogP contribution in [0.5, 0.6) is 0 Å². The van der Waals surface area contributed by atoms with Crippen LogP contribution in [0.1, 0.15) is 5.76 Å². The van der Waals surface area contributed by atoms with Gasteiger partial charge in [-0.25, -0.2) is 0 Å². The standard InChI is InChI=1S/C9H14N2O2/c1-11(6-8(12)5-10)7-9-3-2-4-13-9/h2-4H,5-7,10H2,1H3. The molecule has 0 radical (unpaired) electrons. The fourth-order valence-corrected chi connectivity index (χ4v) is 1.09. The first-order valence-corrected chi connectivity index (χ1v) is 4.15. The van der Waals surface area contributed by atoms with E-state index in [0.717, 1.165) is 5.76 Å². The van der Waals surface area contributed by atoms with Crippen LogP contribution in [0.2, 0.25) is 0 Å². The van der Waals surface area contributed by atoms with Gasteiger partial charge in [-0.15, -0.1) is 0 Å². The van der Waals surface area contributed by atoms with E-state index >= 15 is 0 Å². The van der Waals surface area contributed by atoms with Crippen molar-refractivity contribution in [3.8, 4) is 0 Å². The van der Waals surface area contributed by atoms with Crippen LogP contribution < -0.4 is 5.73 Å². The average molecular weight is 182 g/mol. The highest BCUT2D eigenvalue weighted by Gasteiger charge is 2.06. The number of Topliss-reactive ketones (excluding diaryl/α,β-unsaturated/α-hetero) is 1. The summed E-state index contributed by atoms with van der Waals surface area (Å²) in [5.41, 5.74) is 5.19. The smallest absolute Gasteiger partial charge is 0.160 e. The van der Waals surface area contributed by atoms with Crippen LogP contribution in [0.3, 0.4) is 0 Å². The molecular weight excluding hydrogens is 168 g/mol. The third-order valence-electron chi connectivity index (χ3n) is 1.68. The number of ketones is 1. The van der Waals surface area contributed by atoms with E-state index in [4.69, 9.17) is 10.2 Å². The second-order valence-electron chi connectivity index (χ2n) is 2.99. The van der Waals surface area contributed by atoms with Crippen molar-refractivity contribution in [1.82, 2.24) is 4.90 Å². The first-order valence-electron chi connectivity index (χ1n) is 4.15. The van der Waals surface area contributed by atoms with Gasteiger partial charge in [0.15, 0.2) is 5.78 Å². The van der Waals surface area contributed by atoms with E-state index in [2.05, 4.69) is 0 Å². The number of furan rings is 1. The van der Waals surface area contributed by atoms with Crippen LogP contribution in [-0.2, 0) is 11.3 Å². The predicted molar refractivity (Wildman–Crippen MR) is 49.1 cm³/mol. The molecule has 72 valence electrons. The molecular formula is C9H14N2O2. The Morgan fingerprint density at radius 1 is 1.69 bits per heavy atom. The molecule has 1 aromatic heterocycles. The van der Waals surface area contributed by atoms with Gasteiger partial charge in [-0.1, -0.05) is 0 Å². The molecule has 0 aliphatic carbocycles. The Hall–Kier alpha value is -1.13. The lowest BCUT2D eigenvalue weighted by molar-refractivity contribution is -0.118. The van der Waals surface area contributed by atoms with E-state index in [1.807, 2.05) is 24.1 Å². The summed E-state index contributed by atoms with van der Waals surface area (Å²) in [6, 6.07) is 3.71. The number of hydrogen-bond acceptors (Lipinski definition) is 4. The van der Waals surface area contributed by atoms with Crippen molar-refractivity contribution in [2.75, 3.05) is 20.1 Å². The van der Waals surface area contributed by atoms with Gasteiger partial charge in [-0.2, -0.15) is 0 Å². The van der Waals surface area contributed by atoms with Crippen LogP contribution in [-0.4, -0.2) is 30.8 Å². The maximum Gasteiger partial charge on any atom is 0.160 e. The molecule has 0 atom stereocenters. The third-order valence-corrected chi connectivity index (χ3v) is 1.68. The number of hydrogen-bond donors (Lipinski definition) is 1. The molecule has 4 heteroatoms. The van der Waals surface area contributed by atoms with Gasteiger partial charge in [-0.05, 0) is 19.2 Å². The highest BCUT2D eigenvalue weighted by atomic mass is 16.3. The summed E-state index contributed by atoms with van der Waals surface area (Å²) in [5.74, 6) is 0.890. The van der Waals surface area contributed by atoms with Crippen molar-refractivity contribution in [2.24, 2.45) is 5.73 Å². The van der Waals surface area contributed by atoms with E-state index in [-0.39, 0.29) is 12.3 Å². The molecule has 0 aliphatic rings. The SMILES string of the molecule is CN(CC(=O)CN)Cc1ccco1. The zero-order chi connectivity index (χ0) is 9.68. The van der Waals surface area contributed by atoms with Crippen molar-refractivity contribution in [2.45, 2.75) is 6.54 Å². The van der Waals surface area contributed by atoms with Gasteiger partial charge in [0.1, 0.15) is 5.76 Å². The number of carbonyl (C=O) groups excluding carboxylic acids is 1. The Kier molecular flexibility index (Phi) is 3.67. The van der Waals surface area contributed by atoms with Crippen LogP contribution in [0.25, 0.3) is 0 Å². The molecule has 2 N–H and O–H groups in total. The summed E-state index contributed by atoms with van der Waals surface area (Å²) in [5, 5.41) is 0. The van der Waals surface area contributed by atoms with Gasteiger partial charge in [0.25, 0.3) is 0 Å². The van der Waals surface area contributed by atoms with E-state index in [0.29, 0.717) is 13.1 Å². The van der Waals surface area contributed by atoms with Gasteiger partial charge in [-0.3, -0.25) is 9.69 Å². The molecule has 0 fully saturated rings. The summed E-state index contributed by atoms with van der Waals surface area (Å²) in [6.07, 6.45) is 1.62. The second-order valence-corrected chi connectivity index (χ2v) is 2.99. The Morgan fingerprint density at radius 3 is 3.00 bits per heavy atom. The lowest BCUT2D eigenvalue weighted by Gasteiger charge is -2.12. The fraction of sp³-hybridized carbons (Fsp3) is 0.444. The maximum atomic E-state index is 11.0. The molecule has 1 rings (SSSR count). The minimum Gasteiger partial charge on any atom is -0.468 e. The molecule has 0 saturated carbocycles. The Bertz CT molecular complexity index is 257. The predicted octanol–water partition coefficient (Wildman–Crippen LogP) is 0.239. The van der Waals surface area contributed by atoms with Gasteiger partial charge in [0.2, 0.25) is 0 Å². The number of nitrogens with zero attached hydrogens (tertiary/aromatic N) is 1. The number of rotatable bonds is 5. The third kappa shape index (κ3) is 3.40. The first-order chi connectivity index (χ1) is 6.22. The van der Waals surface area contributed by atoms with Crippen molar-refractivity contribution in [1.29, 1.82) is 0 Å². The fourth-order valence-electron chi connectivity index (χ4n) is 1.09. The van der Waals surface area contributed by atoms with Gasteiger partial charge < -0.3 is 10.2 Å². The highest BCUT2D eigenvalue weighted by molar-refractivity contribution is 5.82. The summed E-state index contributed by atoms with van der Waals surface area (Å²) >= 11 is 0. The molecule has 0 saturated heterocycles. The zero-order valence-electron chi connectivity index (χ0n) is 7.69. The van der Waals surface area contributed by atoms with E-state index in [1.54, 1.807) is 6.26 Å². The van der Waals surface area contributed by atoms with Gasteiger partial charge >= 0.3 is 0 Å². The minimum atomic E-state index is 0.0362. The Balaban J connectivity index is 2.33. The number of nitrogens with two attached hydrogens (primary N) is 1. The van der Waals surface area contributed by atoms with Gasteiger partial charge in [0.05, 0.1) is 25.9 Å². The lowest BCUT2D eigenvalue weighted by atomic mass is 10.3. The normalized spacial score (nSPS) is 10.7. The summed E-state index contributed by atoms with van der Waals surface area (Å²) in [6.45, 7) is 1.11. The van der Waals surface area contributed by atoms with Crippen LogP contribution >= 0.6 is 0 Å². The lowest BCUT2D eigenvalue weighted by Crippen LogP contribution is -2.29. The van der Waals surface area contributed by atoms with E-state index in [1.165, 1.54) is 0 Å². The number of carbonyl (C=O) groups is 1. The summed E-state index contributed by atoms with van der Waals surface area (Å²) in [7, 11) is 1.86. The van der Waals surface area contributed by atoms with Crippen molar-refractivity contribution >= 4 is 5.78 Å². The number of likely N-dealkylation sites (N-methyl/N-ethyl adjacent to an activating group) is 1. The highest BCUT2D eigenvalue weighted by Crippen LogP contribution is 2.02. The van der Waals surface area contributed by atoms with Crippen molar-refractivity contribution in [3.05, 3.63) is 24.2 Å². The molecule has 0 aromatic carbocycles. The van der Waals surface area contributed by atoms with Gasteiger partial charge in [0, 0.05) is 0 Å². The average Bonchev–Trinajstić information content (AvgIpc) is 2.56. The largest absolute Gasteiger partial charge is 0.468 e. The monoisotopic (exact) mass is 182 g/mol. The Labute approximate surface area is 77.3 Å². The van der Waals surface area contributed by atoms with Crippen molar-refractivity contribution < 1.29 is 9.21 Å². The minimum absolute atomic E-state index is 0.0362. The van der Waals surface area contributed by atoms with Crippen molar-refractivity contribution in [3.63, 3.8) is 0 Å². The Morgan fingerprint density at radius 2 is 2.46 bits per heavy atom. The molecule has 13 heavy (non-hydrogen) atoms. The quantitative estimate of drug-likeness (QED) is 0.708. The molecule has 4 nitrogen and oxygen atoms in total. The van der Waals surface area contributed by atoms with Crippen LogP contribution in [0.4, 0.5) is 0 Å². The molecule has 0 spiro atoms. The molecule has 1 aromatic rings.